The smallest absolute Gasteiger partial charge is 0.330 e. The van der Waals surface area contributed by atoms with Crippen LogP contribution < -0.4 is 0 Å². The Hall–Kier alpha value is -1.05. The second-order valence-electron chi connectivity index (χ2n) is 3.43. The highest BCUT2D eigenvalue weighted by Gasteiger charge is 2.31. The first-order valence-corrected chi connectivity index (χ1v) is 4.26. The van der Waals surface area contributed by atoms with Gasteiger partial charge in [0.25, 0.3) is 0 Å². The van der Waals surface area contributed by atoms with Gasteiger partial charge in [-0.25, -0.2) is 4.79 Å². The van der Waals surface area contributed by atoms with Gasteiger partial charge in [0.05, 0.1) is 7.11 Å². The van der Waals surface area contributed by atoms with E-state index in [1.54, 1.807) is 6.08 Å². The molecule has 0 amide bonds. The van der Waals surface area contributed by atoms with Crippen LogP contribution in [0, 0.1) is 11.8 Å². The Morgan fingerprint density at radius 1 is 1.67 bits per heavy atom. The van der Waals surface area contributed by atoms with E-state index in [1.165, 1.54) is 19.1 Å². The summed E-state index contributed by atoms with van der Waals surface area (Å²) in [4.78, 5) is 10.9. The Bertz CT molecular complexity index is 263. The van der Waals surface area contributed by atoms with E-state index < -0.39 is 0 Å². The molecule has 2 rings (SSSR count). The van der Waals surface area contributed by atoms with Crippen LogP contribution in [0.25, 0.3) is 0 Å². The SMILES string of the molecule is COC(=O)C=C1CC2C=CC1C2. The van der Waals surface area contributed by atoms with Crippen molar-refractivity contribution in [2.24, 2.45) is 11.8 Å². The maximum absolute atomic E-state index is 10.9. The Morgan fingerprint density at radius 2 is 2.50 bits per heavy atom. The van der Waals surface area contributed by atoms with E-state index in [2.05, 4.69) is 16.9 Å². The van der Waals surface area contributed by atoms with E-state index in [4.69, 9.17) is 0 Å². The second kappa shape index (κ2) is 2.77. The lowest BCUT2D eigenvalue weighted by Gasteiger charge is -2.06. The summed E-state index contributed by atoms with van der Waals surface area (Å²) in [6, 6.07) is 0. The molecule has 2 atom stereocenters. The number of carbonyl (C=O) groups is 1. The predicted molar refractivity (Wildman–Crippen MR) is 45.5 cm³/mol. The molecule has 12 heavy (non-hydrogen) atoms. The molecule has 0 aromatic rings. The lowest BCUT2D eigenvalue weighted by molar-refractivity contribution is -0.134. The molecule has 0 saturated heterocycles. The molecule has 2 heteroatoms. The van der Waals surface area contributed by atoms with Gasteiger partial charge in [0.2, 0.25) is 0 Å². The zero-order valence-electron chi connectivity index (χ0n) is 7.12. The fourth-order valence-corrected chi connectivity index (χ4v) is 2.03. The van der Waals surface area contributed by atoms with Gasteiger partial charge in [0, 0.05) is 6.08 Å². The van der Waals surface area contributed by atoms with E-state index in [1.807, 2.05) is 0 Å². The number of ether oxygens (including phenoxy) is 1. The van der Waals surface area contributed by atoms with E-state index in [9.17, 15) is 4.79 Å². The zero-order valence-corrected chi connectivity index (χ0v) is 7.12. The maximum atomic E-state index is 10.9. The number of allylic oxidation sites excluding steroid dienone is 3. The van der Waals surface area contributed by atoms with Gasteiger partial charge in [-0.1, -0.05) is 17.7 Å². The number of carbonyl (C=O) groups excluding carboxylic acids is 1. The van der Waals surface area contributed by atoms with Crippen molar-refractivity contribution in [2.75, 3.05) is 7.11 Å². The topological polar surface area (TPSA) is 26.3 Å². The number of esters is 1. The average Bonchev–Trinajstić information content (AvgIpc) is 2.64. The predicted octanol–water partition coefficient (Wildman–Crippen LogP) is 1.68. The third-order valence-electron chi connectivity index (χ3n) is 2.65. The van der Waals surface area contributed by atoms with Crippen molar-refractivity contribution in [3.8, 4) is 0 Å². The number of hydrogen-bond acceptors (Lipinski definition) is 2. The second-order valence-corrected chi connectivity index (χ2v) is 3.43. The lowest BCUT2D eigenvalue weighted by Crippen LogP contribution is -2.00. The first kappa shape index (κ1) is 7.59. The van der Waals surface area contributed by atoms with Crippen LogP contribution in [0.2, 0.25) is 0 Å². The standard InChI is InChI=1S/C10H12O2/c1-12-10(11)6-9-5-7-2-3-8(9)4-7/h2-3,6-8H,4-5H2,1H3. The number of hydrogen-bond donors (Lipinski definition) is 0. The van der Waals surface area contributed by atoms with E-state index >= 15 is 0 Å². The Balaban J connectivity index is 2.12. The van der Waals surface area contributed by atoms with Gasteiger partial charge < -0.3 is 4.74 Å². The molecule has 1 fully saturated rings. The van der Waals surface area contributed by atoms with Crippen LogP contribution in [0.5, 0.6) is 0 Å². The molecule has 0 spiro atoms. The number of rotatable bonds is 1. The van der Waals surface area contributed by atoms with E-state index in [-0.39, 0.29) is 5.97 Å². The normalized spacial score (nSPS) is 34.6. The molecule has 0 radical (unpaired) electrons. The summed E-state index contributed by atoms with van der Waals surface area (Å²) in [5.41, 5.74) is 1.24. The fourth-order valence-electron chi connectivity index (χ4n) is 2.03. The van der Waals surface area contributed by atoms with Crippen molar-refractivity contribution in [1.29, 1.82) is 0 Å². The van der Waals surface area contributed by atoms with Crippen LogP contribution in [0.1, 0.15) is 12.8 Å². The van der Waals surface area contributed by atoms with Crippen LogP contribution >= 0.6 is 0 Å². The van der Waals surface area contributed by atoms with Crippen molar-refractivity contribution in [3.63, 3.8) is 0 Å². The molecule has 0 heterocycles. The molecule has 2 nitrogen and oxygen atoms in total. The van der Waals surface area contributed by atoms with Gasteiger partial charge in [-0.05, 0) is 24.7 Å². The monoisotopic (exact) mass is 164 g/mol. The molecule has 2 aliphatic rings. The molecule has 0 aliphatic heterocycles. The minimum atomic E-state index is -0.217. The maximum Gasteiger partial charge on any atom is 0.330 e. The van der Waals surface area contributed by atoms with E-state index in [0.29, 0.717) is 11.8 Å². The van der Waals surface area contributed by atoms with Crippen molar-refractivity contribution >= 4 is 5.97 Å². The molecule has 1 saturated carbocycles. The summed E-state index contributed by atoms with van der Waals surface area (Å²) in [5.74, 6) is 0.992. The molecule has 64 valence electrons. The van der Waals surface area contributed by atoms with Crippen molar-refractivity contribution in [1.82, 2.24) is 0 Å². The molecule has 0 N–H and O–H groups in total. The largest absolute Gasteiger partial charge is 0.466 e. The molecular weight excluding hydrogens is 152 g/mol. The Kier molecular flexibility index (Phi) is 1.75. The number of fused-ring (bicyclic) bond motifs is 2. The summed E-state index contributed by atoms with van der Waals surface area (Å²) < 4.78 is 4.58. The van der Waals surface area contributed by atoms with Crippen LogP contribution in [-0.4, -0.2) is 13.1 Å². The minimum absolute atomic E-state index is 0.217. The molecule has 2 aliphatic carbocycles. The Labute approximate surface area is 71.9 Å². The summed E-state index contributed by atoms with van der Waals surface area (Å²) >= 11 is 0. The van der Waals surface area contributed by atoms with Gasteiger partial charge in [-0.3, -0.25) is 0 Å². The summed E-state index contributed by atoms with van der Waals surface area (Å²) in [7, 11) is 1.42. The molecule has 0 aromatic carbocycles. The highest BCUT2D eigenvalue weighted by atomic mass is 16.5. The quantitative estimate of drug-likeness (QED) is 0.335. The van der Waals surface area contributed by atoms with Crippen LogP contribution in [-0.2, 0) is 9.53 Å². The van der Waals surface area contributed by atoms with Crippen LogP contribution in [0.15, 0.2) is 23.8 Å². The van der Waals surface area contributed by atoms with Gasteiger partial charge in [0.15, 0.2) is 0 Å². The summed E-state index contributed by atoms with van der Waals surface area (Å²) in [6.45, 7) is 0. The van der Waals surface area contributed by atoms with Crippen LogP contribution in [0.4, 0.5) is 0 Å². The molecular formula is C10H12O2. The van der Waals surface area contributed by atoms with Gasteiger partial charge >= 0.3 is 5.97 Å². The third kappa shape index (κ3) is 1.17. The lowest BCUT2D eigenvalue weighted by atomic mass is 10.0. The fraction of sp³-hybridized carbons (Fsp3) is 0.500. The van der Waals surface area contributed by atoms with Crippen molar-refractivity contribution < 1.29 is 9.53 Å². The number of methoxy groups -OCH3 is 1. The first-order valence-electron chi connectivity index (χ1n) is 4.26. The molecule has 2 unspecified atom stereocenters. The van der Waals surface area contributed by atoms with Crippen LogP contribution in [0.3, 0.4) is 0 Å². The van der Waals surface area contributed by atoms with Crippen molar-refractivity contribution in [3.05, 3.63) is 23.8 Å². The highest BCUT2D eigenvalue weighted by molar-refractivity contribution is 5.83. The third-order valence-corrected chi connectivity index (χ3v) is 2.65. The average molecular weight is 164 g/mol. The summed E-state index contributed by atoms with van der Waals surface area (Å²) in [6.07, 6.45) is 8.34. The summed E-state index contributed by atoms with van der Waals surface area (Å²) in [5, 5.41) is 0. The zero-order chi connectivity index (χ0) is 8.55. The molecule has 0 aromatic heterocycles. The highest BCUT2D eigenvalue weighted by Crippen LogP contribution is 2.42. The van der Waals surface area contributed by atoms with Gasteiger partial charge in [-0.2, -0.15) is 0 Å². The molecule has 2 bridgehead atoms. The first-order chi connectivity index (χ1) is 5.79. The van der Waals surface area contributed by atoms with E-state index in [0.717, 1.165) is 6.42 Å². The van der Waals surface area contributed by atoms with Gasteiger partial charge in [-0.15, -0.1) is 0 Å². The Morgan fingerprint density at radius 3 is 3.00 bits per heavy atom. The van der Waals surface area contributed by atoms with Gasteiger partial charge in [0.1, 0.15) is 0 Å². The minimum Gasteiger partial charge on any atom is -0.466 e. The van der Waals surface area contributed by atoms with Crippen molar-refractivity contribution in [2.45, 2.75) is 12.8 Å².